The molecule has 1 aliphatic carbocycles. The minimum atomic E-state index is -0.598. The van der Waals surface area contributed by atoms with Crippen LogP contribution in [-0.2, 0) is 10.8 Å². The Balaban J connectivity index is 2.08. The molecule has 11 heavy (non-hydrogen) atoms. The Labute approximate surface area is 71.0 Å². The van der Waals surface area contributed by atoms with Gasteiger partial charge in [0.2, 0.25) is 0 Å². The van der Waals surface area contributed by atoms with Crippen molar-refractivity contribution in [1.29, 1.82) is 0 Å². The van der Waals surface area contributed by atoms with Crippen LogP contribution in [0.2, 0.25) is 0 Å². The highest BCUT2D eigenvalue weighted by Gasteiger charge is 2.23. The van der Waals surface area contributed by atoms with E-state index in [1.165, 1.54) is 12.8 Å². The average Bonchev–Trinajstić information content (AvgIpc) is 2.71. The summed E-state index contributed by atoms with van der Waals surface area (Å²) in [7, 11) is -0.598. The number of rotatable bonds is 5. The van der Waals surface area contributed by atoms with Crippen LogP contribution in [0.3, 0.4) is 0 Å². The molecule has 0 spiro atoms. The molecule has 2 nitrogen and oxygen atoms in total. The largest absolute Gasteiger partial charge is 0.330 e. The zero-order valence-corrected chi connectivity index (χ0v) is 7.90. The van der Waals surface area contributed by atoms with Gasteiger partial charge in [-0.05, 0) is 31.2 Å². The highest BCUT2D eigenvalue weighted by Crippen LogP contribution is 2.29. The Morgan fingerprint density at radius 2 is 2.27 bits per heavy atom. The highest BCUT2D eigenvalue weighted by molar-refractivity contribution is 7.85. The lowest BCUT2D eigenvalue weighted by atomic mass is 10.2. The molecule has 0 heterocycles. The Hall–Kier alpha value is 0.110. The Bertz CT molecular complexity index is 145. The van der Waals surface area contributed by atoms with Crippen LogP contribution in [0.15, 0.2) is 0 Å². The molecule has 1 aliphatic rings. The van der Waals surface area contributed by atoms with E-state index in [0.29, 0.717) is 12.5 Å². The quantitative estimate of drug-likeness (QED) is 0.669. The molecule has 1 saturated carbocycles. The maximum Gasteiger partial charge on any atom is 0.0272 e. The molecule has 0 saturated heterocycles. The van der Waals surface area contributed by atoms with E-state index >= 15 is 0 Å². The SMILES string of the molecule is CC(CN)CS(=O)CC1CC1. The maximum atomic E-state index is 11.3. The van der Waals surface area contributed by atoms with Crippen molar-refractivity contribution in [2.24, 2.45) is 17.6 Å². The van der Waals surface area contributed by atoms with Crippen molar-refractivity contribution in [2.45, 2.75) is 19.8 Å². The summed E-state index contributed by atoms with van der Waals surface area (Å²) in [5.74, 6) is 2.92. The second-order valence-corrected chi connectivity index (χ2v) is 5.10. The summed E-state index contributed by atoms with van der Waals surface area (Å²) in [6.07, 6.45) is 2.59. The second kappa shape index (κ2) is 4.21. The van der Waals surface area contributed by atoms with Gasteiger partial charge < -0.3 is 5.73 Å². The van der Waals surface area contributed by atoms with Gasteiger partial charge in [-0.3, -0.25) is 4.21 Å². The van der Waals surface area contributed by atoms with Gasteiger partial charge in [0.1, 0.15) is 0 Å². The normalized spacial score (nSPS) is 23.1. The first kappa shape index (κ1) is 9.20. The molecule has 2 atom stereocenters. The van der Waals surface area contributed by atoms with Gasteiger partial charge in [-0.1, -0.05) is 6.92 Å². The molecule has 0 aromatic carbocycles. The van der Waals surface area contributed by atoms with Crippen molar-refractivity contribution in [3.63, 3.8) is 0 Å². The van der Waals surface area contributed by atoms with E-state index in [-0.39, 0.29) is 0 Å². The second-order valence-electron chi connectivity index (χ2n) is 3.56. The summed E-state index contributed by atoms with van der Waals surface area (Å²) in [5.41, 5.74) is 5.43. The van der Waals surface area contributed by atoms with Gasteiger partial charge in [-0.15, -0.1) is 0 Å². The Morgan fingerprint density at radius 3 is 2.73 bits per heavy atom. The van der Waals surface area contributed by atoms with Crippen LogP contribution in [0.25, 0.3) is 0 Å². The summed E-state index contributed by atoms with van der Waals surface area (Å²) in [6.45, 7) is 2.72. The first-order valence-electron chi connectivity index (χ1n) is 4.27. The molecule has 1 fully saturated rings. The van der Waals surface area contributed by atoms with E-state index in [4.69, 9.17) is 5.73 Å². The van der Waals surface area contributed by atoms with Gasteiger partial charge in [-0.2, -0.15) is 0 Å². The molecule has 0 bridgehead atoms. The Kier molecular flexibility index (Phi) is 3.52. The van der Waals surface area contributed by atoms with Crippen molar-refractivity contribution in [1.82, 2.24) is 0 Å². The van der Waals surface area contributed by atoms with Crippen LogP contribution < -0.4 is 5.73 Å². The van der Waals surface area contributed by atoms with Crippen molar-refractivity contribution in [3.05, 3.63) is 0 Å². The van der Waals surface area contributed by atoms with Gasteiger partial charge in [0, 0.05) is 22.3 Å². The van der Waals surface area contributed by atoms with E-state index in [1.807, 2.05) is 0 Å². The van der Waals surface area contributed by atoms with Gasteiger partial charge in [0.05, 0.1) is 0 Å². The molecule has 0 radical (unpaired) electrons. The molecule has 2 N–H and O–H groups in total. The van der Waals surface area contributed by atoms with E-state index in [9.17, 15) is 4.21 Å². The number of hydrogen-bond acceptors (Lipinski definition) is 2. The summed E-state index contributed by atoms with van der Waals surface area (Å²) in [4.78, 5) is 0. The van der Waals surface area contributed by atoms with Crippen LogP contribution in [0.4, 0.5) is 0 Å². The van der Waals surface area contributed by atoms with Crippen LogP contribution in [0, 0.1) is 11.8 Å². The third-order valence-electron chi connectivity index (χ3n) is 1.99. The fourth-order valence-electron chi connectivity index (χ4n) is 1.00. The zero-order chi connectivity index (χ0) is 8.27. The van der Waals surface area contributed by atoms with E-state index in [2.05, 4.69) is 6.92 Å². The van der Waals surface area contributed by atoms with Gasteiger partial charge >= 0.3 is 0 Å². The van der Waals surface area contributed by atoms with Crippen molar-refractivity contribution in [2.75, 3.05) is 18.1 Å². The smallest absolute Gasteiger partial charge is 0.0272 e. The average molecular weight is 175 g/mol. The fraction of sp³-hybridized carbons (Fsp3) is 1.00. The van der Waals surface area contributed by atoms with Crippen molar-refractivity contribution >= 4 is 10.8 Å². The third kappa shape index (κ3) is 3.87. The number of nitrogens with two attached hydrogens (primary N) is 1. The molecular formula is C8H17NOS. The first-order chi connectivity index (χ1) is 5.22. The van der Waals surface area contributed by atoms with Crippen LogP contribution in [-0.4, -0.2) is 22.3 Å². The summed E-state index contributed by atoms with van der Waals surface area (Å²) >= 11 is 0. The summed E-state index contributed by atoms with van der Waals surface area (Å²) in [5, 5.41) is 0. The molecule has 0 aromatic heterocycles. The molecule has 0 aliphatic heterocycles. The molecule has 3 heteroatoms. The van der Waals surface area contributed by atoms with E-state index < -0.39 is 10.8 Å². The minimum absolute atomic E-state index is 0.426. The monoisotopic (exact) mass is 175 g/mol. The predicted molar refractivity (Wildman–Crippen MR) is 48.8 cm³/mol. The first-order valence-corrected chi connectivity index (χ1v) is 5.76. The molecular weight excluding hydrogens is 158 g/mol. The Morgan fingerprint density at radius 1 is 1.64 bits per heavy atom. The standard InChI is InChI=1S/C8H17NOS/c1-7(4-9)5-11(10)6-8-2-3-8/h7-8H,2-6,9H2,1H3. The van der Waals surface area contributed by atoms with Crippen molar-refractivity contribution in [3.8, 4) is 0 Å². The topological polar surface area (TPSA) is 43.1 Å². The number of hydrogen-bond donors (Lipinski definition) is 1. The van der Waals surface area contributed by atoms with Gasteiger partial charge in [0.15, 0.2) is 0 Å². The van der Waals surface area contributed by atoms with Crippen LogP contribution in [0.1, 0.15) is 19.8 Å². The fourth-order valence-corrected chi connectivity index (χ4v) is 2.77. The molecule has 0 amide bonds. The summed E-state index contributed by atoms with van der Waals surface area (Å²) < 4.78 is 11.3. The van der Waals surface area contributed by atoms with Gasteiger partial charge in [-0.25, -0.2) is 0 Å². The minimum Gasteiger partial charge on any atom is -0.330 e. The molecule has 2 unspecified atom stereocenters. The van der Waals surface area contributed by atoms with Crippen LogP contribution in [0.5, 0.6) is 0 Å². The molecule has 66 valence electrons. The lowest BCUT2D eigenvalue weighted by molar-refractivity contribution is 0.638. The lowest BCUT2D eigenvalue weighted by Crippen LogP contribution is -2.19. The van der Waals surface area contributed by atoms with Crippen molar-refractivity contribution < 1.29 is 4.21 Å². The van der Waals surface area contributed by atoms with Crippen LogP contribution >= 0.6 is 0 Å². The summed E-state index contributed by atoms with van der Waals surface area (Å²) in [6, 6.07) is 0. The van der Waals surface area contributed by atoms with E-state index in [1.54, 1.807) is 0 Å². The lowest BCUT2D eigenvalue weighted by Gasteiger charge is -2.06. The highest BCUT2D eigenvalue weighted by atomic mass is 32.2. The third-order valence-corrected chi connectivity index (χ3v) is 3.78. The zero-order valence-electron chi connectivity index (χ0n) is 7.08. The predicted octanol–water partition coefficient (Wildman–Crippen LogP) is 0.740. The maximum absolute atomic E-state index is 11.3. The van der Waals surface area contributed by atoms with Gasteiger partial charge in [0.25, 0.3) is 0 Å². The molecule has 1 rings (SSSR count). The molecule has 0 aromatic rings. The van der Waals surface area contributed by atoms with E-state index in [0.717, 1.165) is 17.4 Å².